The van der Waals surface area contributed by atoms with E-state index < -0.39 is 0 Å². The van der Waals surface area contributed by atoms with Crippen molar-refractivity contribution in [2.24, 2.45) is 0 Å². The lowest BCUT2D eigenvalue weighted by atomic mass is 10.2. The second kappa shape index (κ2) is 6.55. The van der Waals surface area contributed by atoms with Crippen LogP contribution in [0.15, 0.2) is 53.7 Å². The molecular formula is C17H16ClN3S. The predicted molar refractivity (Wildman–Crippen MR) is 92.9 cm³/mol. The summed E-state index contributed by atoms with van der Waals surface area (Å²) in [6, 6.07) is 16.1. The van der Waals surface area contributed by atoms with Gasteiger partial charge in [-0.1, -0.05) is 48.0 Å². The van der Waals surface area contributed by atoms with Crippen LogP contribution < -0.4 is 0 Å². The summed E-state index contributed by atoms with van der Waals surface area (Å²) in [5.41, 5.74) is 3.30. The van der Waals surface area contributed by atoms with Gasteiger partial charge in [-0.2, -0.15) is 0 Å². The molecule has 0 aliphatic rings. The zero-order valence-corrected chi connectivity index (χ0v) is 14.0. The first kappa shape index (κ1) is 15.1. The molecule has 3 nitrogen and oxygen atoms in total. The number of hydrogen-bond donors (Lipinski definition) is 0. The predicted octanol–water partition coefficient (Wildman–Crippen LogP) is 5.01. The van der Waals surface area contributed by atoms with Crippen molar-refractivity contribution < 1.29 is 0 Å². The Kier molecular flexibility index (Phi) is 4.50. The molecule has 0 bridgehead atoms. The molecule has 2 aromatic carbocycles. The third-order valence-corrected chi connectivity index (χ3v) is 4.36. The smallest absolute Gasteiger partial charge is 0.196 e. The lowest BCUT2D eigenvalue weighted by Crippen LogP contribution is -1.99. The topological polar surface area (TPSA) is 30.7 Å². The minimum atomic E-state index is 0.716. The fourth-order valence-corrected chi connectivity index (χ4v) is 3.01. The summed E-state index contributed by atoms with van der Waals surface area (Å²) in [7, 11) is 0. The second-order valence-electron chi connectivity index (χ2n) is 4.92. The number of hydrogen-bond acceptors (Lipinski definition) is 3. The number of halogens is 1. The first-order chi connectivity index (χ1) is 10.7. The van der Waals surface area contributed by atoms with Crippen molar-refractivity contribution in [2.45, 2.75) is 19.0 Å². The Labute approximate surface area is 139 Å². The van der Waals surface area contributed by atoms with Gasteiger partial charge in [0, 0.05) is 16.3 Å². The fourth-order valence-electron chi connectivity index (χ4n) is 2.21. The molecule has 0 saturated heterocycles. The summed E-state index contributed by atoms with van der Waals surface area (Å²) in [6.45, 7) is 4.19. The van der Waals surface area contributed by atoms with Gasteiger partial charge in [0.05, 0.1) is 0 Å². The highest BCUT2D eigenvalue weighted by Crippen LogP contribution is 2.28. The highest BCUT2D eigenvalue weighted by molar-refractivity contribution is 7.99. The van der Waals surface area contributed by atoms with Crippen LogP contribution >= 0.6 is 23.4 Å². The maximum atomic E-state index is 5.98. The third kappa shape index (κ3) is 3.03. The summed E-state index contributed by atoms with van der Waals surface area (Å²) < 4.78 is 2.09. The van der Waals surface area contributed by atoms with Crippen molar-refractivity contribution in [1.29, 1.82) is 0 Å². The van der Waals surface area contributed by atoms with Crippen LogP contribution in [0.4, 0.5) is 0 Å². The number of nitrogens with zero attached hydrogens (tertiary/aromatic N) is 3. The molecule has 1 aromatic heterocycles. The molecule has 0 spiro atoms. The molecule has 0 aliphatic carbocycles. The Morgan fingerprint density at radius 3 is 2.32 bits per heavy atom. The highest BCUT2D eigenvalue weighted by Gasteiger charge is 2.15. The van der Waals surface area contributed by atoms with E-state index in [0.29, 0.717) is 5.02 Å². The molecule has 0 unspecified atom stereocenters. The maximum absolute atomic E-state index is 5.98. The Morgan fingerprint density at radius 2 is 1.68 bits per heavy atom. The van der Waals surface area contributed by atoms with E-state index in [4.69, 9.17) is 11.6 Å². The molecule has 0 amide bonds. The zero-order valence-electron chi connectivity index (χ0n) is 12.5. The van der Waals surface area contributed by atoms with Gasteiger partial charge < -0.3 is 0 Å². The van der Waals surface area contributed by atoms with Crippen LogP contribution in [0.3, 0.4) is 0 Å². The first-order valence-electron chi connectivity index (χ1n) is 7.10. The van der Waals surface area contributed by atoms with Crippen LogP contribution in [0.5, 0.6) is 0 Å². The molecule has 22 heavy (non-hydrogen) atoms. The Hall–Kier alpha value is -1.78. The summed E-state index contributed by atoms with van der Waals surface area (Å²) in [5.74, 6) is 1.78. The first-order valence-corrected chi connectivity index (χ1v) is 8.46. The minimum Gasteiger partial charge on any atom is -0.270 e. The minimum absolute atomic E-state index is 0.716. The van der Waals surface area contributed by atoms with Gasteiger partial charge in [0.2, 0.25) is 0 Å². The van der Waals surface area contributed by atoms with Crippen LogP contribution in [0.1, 0.15) is 12.5 Å². The van der Waals surface area contributed by atoms with E-state index in [9.17, 15) is 0 Å². The highest BCUT2D eigenvalue weighted by atomic mass is 35.5. The molecule has 0 N–H and O–H groups in total. The van der Waals surface area contributed by atoms with Gasteiger partial charge in [-0.25, -0.2) is 0 Å². The number of aromatic nitrogens is 3. The number of rotatable bonds is 4. The summed E-state index contributed by atoms with van der Waals surface area (Å²) in [6.07, 6.45) is 0. The van der Waals surface area contributed by atoms with Crippen molar-refractivity contribution in [3.05, 3.63) is 59.1 Å². The monoisotopic (exact) mass is 329 g/mol. The lowest BCUT2D eigenvalue weighted by Gasteiger charge is -2.10. The van der Waals surface area contributed by atoms with E-state index in [1.807, 2.05) is 24.3 Å². The van der Waals surface area contributed by atoms with Crippen molar-refractivity contribution in [2.75, 3.05) is 5.75 Å². The SMILES string of the molecule is CCSc1nnc(-c2ccc(Cl)cc2)n1-c1ccc(C)cc1. The van der Waals surface area contributed by atoms with Crippen LogP contribution in [0.2, 0.25) is 5.02 Å². The number of aryl methyl sites for hydroxylation is 1. The molecule has 0 aliphatic heterocycles. The van der Waals surface area contributed by atoms with Gasteiger partial charge in [-0.05, 0) is 49.1 Å². The van der Waals surface area contributed by atoms with Crippen LogP contribution in [-0.4, -0.2) is 20.5 Å². The lowest BCUT2D eigenvalue weighted by molar-refractivity contribution is 0.886. The zero-order chi connectivity index (χ0) is 15.5. The van der Waals surface area contributed by atoms with Gasteiger partial charge >= 0.3 is 0 Å². The van der Waals surface area contributed by atoms with E-state index >= 15 is 0 Å². The molecule has 3 rings (SSSR count). The van der Waals surface area contributed by atoms with Gasteiger partial charge in [0.1, 0.15) is 0 Å². The van der Waals surface area contributed by atoms with Gasteiger partial charge in [0.15, 0.2) is 11.0 Å². The molecule has 0 radical (unpaired) electrons. The van der Waals surface area contributed by atoms with Crippen molar-refractivity contribution in [3.63, 3.8) is 0 Å². The van der Waals surface area contributed by atoms with Crippen LogP contribution in [0.25, 0.3) is 17.1 Å². The van der Waals surface area contributed by atoms with Gasteiger partial charge in [0.25, 0.3) is 0 Å². The fraction of sp³-hybridized carbons (Fsp3) is 0.176. The van der Waals surface area contributed by atoms with E-state index in [-0.39, 0.29) is 0 Å². The number of thioether (sulfide) groups is 1. The van der Waals surface area contributed by atoms with E-state index in [0.717, 1.165) is 28.0 Å². The molecule has 1 heterocycles. The Balaban J connectivity index is 2.14. The molecular weight excluding hydrogens is 314 g/mol. The molecule has 112 valence electrons. The van der Waals surface area contributed by atoms with E-state index in [1.165, 1.54) is 5.56 Å². The van der Waals surface area contributed by atoms with Gasteiger partial charge in [-0.3, -0.25) is 4.57 Å². The average molecular weight is 330 g/mol. The summed E-state index contributed by atoms with van der Waals surface area (Å²) >= 11 is 7.66. The molecule has 0 atom stereocenters. The van der Waals surface area contributed by atoms with Crippen molar-refractivity contribution in [3.8, 4) is 17.1 Å². The molecule has 0 saturated carbocycles. The average Bonchev–Trinajstić information content (AvgIpc) is 2.93. The normalized spacial score (nSPS) is 10.9. The van der Waals surface area contributed by atoms with E-state index in [2.05, 4.69) is 52.9 Å². The second-order valence-corrected chi connectivity index (χ2v) is 6.58. The Bertz CT molecular complexity index is 764. The summed E-state index contributed by atoms with van der Waals surface area (Å²) in [4.78, 5) is 0. The largest absolute Gasteiger partial charge is 0.270 e. The molecule has 3 aromatic rings. The number of benzene rings is 2. The molecule has 0 fully saturated rings. The third-order valence-electron chi connectivity index (χ3n) is 3.30. The maximum Gasteiger partial charge on any atom is 0.196 e. The quantitative estimate of drug-likeness (QED) is 0.630. The van der Waals surface area contributed by atoms with Gasteiger partial charge in [-0.15, -0.1) is 10.2 Å². The molecule has 5 heteroatoms. The standard InChI is InChI=1S/C17H16ClN3S/c1-3-22-17-20-19-16(13-6-8-14(18)9-7-13)21(17)15-10-4-12(2)5-11-15/h4-11H,3H2,1-2H3. The van der Waals surface area contributed by atoms with Crippen LogP contribution in [-0.2, 0) is 0 Å². The Morgan fingerprint density at radius 1 is 1.00 bits per heavy atom. The van der Waals surface area contributed by atoms with Crippen LogP contribution in [0, 0.1) is 6.92 Å². The van der Waals surface area contributed by atoms with E-state index in [1.54, 1.807) is 11.8 Å². The van der Waals surface area contributed by atoms with Crippen molar-refractivity contribution in [1.82, 2.24) is 14.8 Å². The summed E-state index contributed by atoms with van der Waals surface area (Å²) in [5, 5.41) is 10.3. The van der Waals surface area contributed by atoms with Crippen molar-refractivity contribution >= 4 is 23.4 Å².